The molecule has 9 aromatic carbocycles. The van der Waals surface area contributed by atoms with E-state index in [1.165, 1.54) is 10.8 Å². The van der Waals surface area contributed by atoms with E-state index in [-0.39, 0.29) is 0 Å². The van der Waals surface area contributed by atoms with E-state index in [2.05, 4.69) is 147 Å². The molecule has 0 N–H and O–H groups in total. The first-order valence-corrected chi connectivity index (χ1v) is 23.0. The molecule has 0 aliphatic carbocycles. The van der Waals surface area contributed by atoms with Crippen LogP contribution in [0.5, 0.6) is 0 Å². The molecule has 322 valence electrons. The summed E-state index contributed by atoms with van der Waals surface area (Å²) in [6.07, 6.45) is 0. The Labute approximate surface area is 394 Å². The van der Waals surface area contributed by atoms with Gasteiger partial charge in [0.05, 0.1) is 33.1 Å². The average Bonchev–Trinajstić information content (AvgIpc) is 4.07. The van der Waals surface area contributed by atoms with Gasteiger partial charge in [0, 0.05) is 60.3 Å². The van der Waals surface area contributed by atoms with Crippen LogP contribution in [0.1, 0.15) is 0 Å². The lowest BCUT2D eigenvalue weighted by atomic mass is 10.1. The second-order valence-electron chi connectivity index (χ2n) is 17.2. The number of aromatic nitrogens is 9. The zero-order valence-electron chi connectivity index (χ0n) is 36.9. The largest absolute Gasteiger partial charge is 0.309 e. The van der Waals surface area contributed by atoms with Crippen molar-refractivity contribution in [3.8, 4) is 63.1 Å². The van der Waals surface area contributed by atoms with E-state index in [4.69, 9.17) is 29.9 Å². The van der Waals surface area contributed by atoms with Crippen LogP contribution < -0.4 is 0 Å². The molecular weight excluding hydrogens is 847 g/mol. The summed E-state index contributed by atoms with van der Waals surface area (Å²) in [6, 6.07) is 77.5. The van der Waals surface area contributed by atoms with Crippen molar-refractivity contribution >= 4 is 65.4 Å². The maximum atomic E-state index is 5.34. The van der Waals surface area contributed by atoms with Gasteiger partial charge in [0.15, 0.2) is 23.3 Å². The molecule has 0 fully saturated rings. The molecule has 0 radical (unpaired) electrons. The fraction of sp³-hybridized carbons (Fsp3) is 0. The van der Waals surface area contributed by atoms with E-state index in [9.17, 15) is 0 Å². The van der Waals surface area contributed by atoms with Gasteiger partial charge in [-0.05, 0) is 60.7 Å². The number of hydrogen-bond donors (Lipinski definition) is 0. The van der Waals surface area contributed by atoms with Crippen molar-refractivity contribution in [1.29, 1.82) is 0 Å². The second kappa shape index (κ2) is 15.5. The van der Waals surface area contributed by atoms with Crippen LogP contribution in [0.25, 0.3) is 129 Å². The van der Waals surface area contributed by atoms with E-state index in [1.54, 1.807) is 0 Å². The third kappa shape index (κ3) is 6.25. The van der Waals surface area contributed by atoms with Crippen molar-refractivity contribution in [2.45, 2.75) is 0 Å². The molecule has 14 aromatic rings. The summed E-state index contributed by atoms with van der Waals surface area (Å²) in [5, 5.41) is 6.69. The highest BCUT2D eigenvalue weighted by Crippen LogP contribution is 2.39. The van der Waals surface area contributed by atoms with Gasteiger partial charge in [0.1, 0.15) is 0 Å². The van der Waals surface area contributed by atoms with Crippen LogP contribution in [-0.2, 0) is 0 Å². The summed E-state index contributed by atoms with van der Waals surface area (Å²) in [5.74, 6) is 3.37. The Morgan fingerprint density at radius 3 is 0.957 bits per heavy atom. The van der Waals surface area contributed by atoms with Crippen molar-refractivity contribution in [2.24, 2.45) is 0 Å². The van der Waals surface area contributed by atoms with Gasteiger partial charge in [0.25, 0.3) is 0 Å². The number of hydrogen-bond acceptors (Lipinski definition) is 6. The predicted molar refractivity (Wildman–Crippen MR) is 278 cm³/mol. The van der Waals surface area contributed by atoms with E-state index in [0.29, 0.717) is 35.2 Å². The number of para-hydroxylation sites is 4. The Hall–Kier alpha value is -9.60. The van der Waals surface area contributed by atoms with Gasteiger partial charge < -0.3 is 4.57 Å². The van der Waals surface area contributed by atoms with Crippen molar-refractivity contribution in [1.82, 2.24) is 43.6 Å². The highest BCUT2D eigenvalue weighted by Gasteiger charge is 2.22. The molecule has 0 amide bonds. The molecule has 0 atom stereocenters. The molecule has 0 aliphatic rings. The van der Waals surface area contributed by atoms with E-state index < -0.39 is 0 Å². The maximum absolute atomic E-state index is 5.34. The third-order valence-electron chi connectivity index (χ3n) is 13.2. The first-order valence-electron chi connectivity index (χ1n) is 23.0. The normalized spacial score (nSPS) is 11.8. The second-order valence-corrected chi connectivity index (χ2v) is 17.2. The summed E-state index contributed by atoms with van der Waals surface area (Å²) in [4.78, 5) is 31.3. The van der Waals surface area contributed by atoms with Gasteiger partial charge in [-0.3, -0.25) is 9.13 Å². The van der Waals surface area contributed by atoms with Crippen LogP contribution in [0.15, 0.2) is 224 Å². The zero-order valence-corrected chi connectivity index (χ0v) is 36.9. The predicted octanol–water partition coefficient (Wildman–Crippen LogP) is 14.0. The molecule has 0 spiro atoms. The highest BCUT2D eigenvalue weighted by atomic mass is 15.2. The molecule has 0 saturated heterocycles. The Kier molecular flexibility index (Phi) is 8.68. The fourth-order valence-electron chi connectivity index (χ4n) is 10.1. The van der Waals surface area contributed by atoms with Gasteiger partial charge in [-0.25, -0.2) is 9.97 Å². The van der Waals surface area contributed by atoms with Gasteiger partial charge in [-0.1, -0.05) is 164 Å². The molecule has 9 nitrogen and oxygen atoms in total. The maximum Gasteiger partial charge on any atom is 0.238 e. The quantitative estimate of drug-likeness (QED) is 0.158. The third-order valence-corrected chi connectivity index (χ3v) is 13.2. The summed E-state index contributed by atoms with van der Waals surface area (Å²) in [5.41, 5.74) is 10.8. The van der Waals surface area contributed by atoms with Gasteiger partial charge in [0.2, 0.25) is 11.9 Å². The van der Waals surface area contributed by atoms with Crippen LogP contribution >= 0.6 is 0 Å². The summed E-state index contributed by atoms with van der Waals surface area (Å²) in [7, 11) is 0. The molecule has 0 bridgehead atoms. The summed E-state index contributed by atoms with van der Waals surface area (Å²) >= 11 is 0. The lowest BCUT2D eigenvalue weighted by molar-refractivity contribution is 0.951. The number of fused-ring (bicyclic) bond motifs is 9. The molecule has 5 heterocycles. The zero-order chi connectivity index (χ0) is 45.4. The minimum Gasteiger partial charge on any atom is -0.309 e. The van der Waals surface area contributed by atoms with Crippen molar-refractivity contribution in [3.05, 3.63) is 224 Å². The van der Waals surface area contributed by atoms with Crippen LogP contribution in [-0.4, -0.2) is 43.6 Å². The van der Waals surface area contributed by atoms with Crippen LogP contribution in [0.4, 0.5) is 0 Å². The number of rotatable bonds is 7. The highest BCUT2D eigenvalue weighted by molar-refractivity contribution is 6.13. The van der Waals surface area contributed by atoms with E-state index in [0.717, 1.165) is 82.6 Å². The Morgan fingerprint density at radius 2 is 0.536 bits per heavy atom. The van der Waals surface area contributed by atoms with Crippen molar-refractivity contribution < 1.29 is 0 Å². The Bertz CT molecular complexity index is 4140. The number of nitrogens with zero attached hydrogens (tertiary/aromatic N) is 9. The smallest absolute Gasteiger partial charge is 0.238 e. The summed E-state index contributed by atoms with van der Waals surface area (Å²) in [6.45, 7) is 0. The molecular formula is C60H37N9. The molecule has 69 heavy (non-hydrogen) atoms. The van der Waals surface area contributed by atoms with E-state index >= 15 is 0 Å². The molecule has 14 rings (SSSR count). The number of benzene rings is 9. The molecule has 9 heteroatoms. The SMILES string of the molecule is c1ccc(-c2nc(-c3ccc4c(c3)c3cc(-n5c6ccccc6c6ccccc65)ccc3n4-c3nc(-c4ccccc4)nc(-c4ccccc4)n3)nc(-n3c4ccccc4c4ccccc43)n2)cc1. The molecule has 0 unspecified atom stereocenters. The lowest BCUT2D eigenvalue weighted by Crippen LogP contribution is -2.07. The molecule has 0 aliphatic heterocycles. The first kappa shape index (κ1) is 38.6. The molecule has 5 aromatic heterocycles. The van der Waals surface area contributed by atoms with Crippen LogP contribution in [0.3, 0.4) is 0 Å². The van der Waals surface area contributed by atoms with Gasteiger partial charge in [-0.15, -0.1) is 0 Å². The lowest BCUT2D eigenvalue weighted by Gasteiger charge is -2.12. The van der Waals surface area contributed by atoms with Crippen LogP contribution in [0, 0.1) is 0 Å². The first-order chi connectivity index (χ1) is 34.2. The monoisotopic (exact) mass is 883 g/mol. The van der Waals surface area contributed by atoms with E-state index in [1.807, 2.05) is 91.0 Å². The fourth-order valence-corrected chi connectivity index (χ4v) is 10.1. The average molecular weight is 884 g/mol. The summed E-state index contributed by atoms with van der Waals surface area (Å²) < 4.78 is 6.67. The molecule has 0 saturated carbocycles. The van der Waals surface area contributed by atoms with Gasteiger partial charge in [-0.2, -0.15) is 19.9 Å². The topological polar surface area (TPSA) is 92.1 Å². The Balaban J connectivity index is 1.05. The van der Waals surface area contributed by atoms with Gasteiger partial charge >= 0.3 is 0 Å². The standard InChI is InChI=1S/C60H37N9/c1-4-18-38(19-5-1)55-61-56(39-20-6-2-7-21-39)64-59(63-55)69-53-34-32-41(36-47(53)48-37-42(33-35-54(48)69)67-49-28-14-10-24-43(49)44-25-11-15-29-50(44)67)58-62-57(40-22-8-3-9-23-40)65-60(66-58)68-51-30-16-12-26-45(51)46-27-13-17-31-52(46)68/h1-37H. The minimum atomic E-state index is 0.514. The Morgan fingerprint density at radius 1 is 0.217 bits per heavy atom. The van der Waals surface area contributed by atoms with Crippen molar-refractivity contribution in [2.75, 3.05) is 0 Å². The minimum absolute atomic E-state index is 0.514. The van der Waals surface area contributed by atoms with Crippen LogP contribution in [0.2, 0.25) is 0 Å². The van der Waals surface area contributed by atoms with Crippen molar-refractivity contribution in [3.63, 3.8) is 0 Å².